The number of halogens is 5. The molecule has 1 aliphatic heterocycles. The fourth-order valence-corrected chi connectivity index (χ4v) is 2.10. The maximum absolute atomic E-state index is 13.5. The van der Waals surface area contributed by atoms with Crippen LogP contribution >= 0.6 is 0 Å². The minimum Gasteiger partial charge on any atom is -0.481 e. The molecule has 21 heavy (non-hydrogen) atoms. The van der Waals surface area contributed by atoms with Gasteiger partial charge in [-0.1, -0.05) is 0 Å². The summed E-state index contributed by atoms with van der Waals surface area (Å²) in [7, 11) is 0. The quantitative estimate of drug-likeness (QED) is 0.516. The summed E-state index contributed by atoms with van der Waals surface area (Å²) in [4.78, 5) is 23.4. The summed E-state index contributed by atoms with van der Waals surface area (Å²) >= 11 is 0. The van der Waals surface area contributed by atoms with Gasteiger partial charge in [-0.25, -0.2) is 22.0 Å². The summed E-state index contributed by atoms with van der Waals surface area (Å²) in [6.07, 6.45) is 0.0382. The van der Waals surface area contributed by atoms with Gasteiger partial charge >= 0.3 is 5.97 Å². The van der Waals surface area contributed by atoms with E-state index in [1.807, 2.05) is 0 Å². The maximum atomic E-state index is 13.5. The van der Waals surface area contributed by atoms with E-state index in [1.165, 1.54) is 0 Å². The van der Waals surface area contributed by atoms with Gasteiger partial charge in [-0.3, -0.25) is 9.59 Å². The van der Waals surface area contributed by atoms with Crippen LogP contribution in [0.15, 0.2) is 0 Å². The normalized spacial score (nSPS) is 18.1. The minimum atomic E-state index is -2.36. The molecule has 0 saturated carbocycles. The molecule has 1 N–H and O–H groups in total. The number of nitrogens with zero attached hydrogens (tertiary/aromatic N) is 1. The number of hydrogen-bond donors (Lipinski definition) is 1. The van der Waals surface area contributed by atoms with E-state index in [9.17, 15) is 31.5 Å². The number of carboxylic acid groups (broad SMARTS) is 1. The molecular formula is C12H8F5NO3. The SMILES string of the molecule is O=C(O)C1CCN(C(=O)c2c(F)c(F)c(F)c(F)c2F)C1. The van der Waals surface area contributed by atoms with Crippen molar-refractivity contribution in [1.29, 1.82) is 0 Å². The number of benzene rings is 1. The second-order valence-corrected chi connectivity index (χ2v) is 4.52. The van der Waals surface area contributed by atoms with Crippen LogP contribution in [0.5, 0.6) is 0 Å². The van der Waals surface area contributed by atoms with Crippen LogP contribution in [-0.2, 0) is 4.79 Å². The Labute approximate surface area is 114 Å². The van der Waals surface area contributed by atoms with Crippen LogP contribution in [0.1, 0.15) is 16.8 Å². The first kappa shape index (κ1) is 15.2. The fraction of sp³-hybridized carbons (Fsp3) is 0.333. The van der Waals surface area contributed by atoms with Gasteiger partial charge in [0.2, 0.25) is 5.82 Å². The molecule has 0 aliphatic carbocycles. The highest BCUT2D eigenvalue weighted by molar-refractivity contribution is 5.95. The predicted molar refractivity (Wildman–Crippen MR) is 57.9 cm³/mol. The summed E-state index contributed by atoms with van der Waals surface area (Å²) in [5, 5.41) is 8.76. The highest BCUT2D eigenvalue weighted by atomic mass is 19.2. The molecule has 0 spiro atoms. The molecular weight excluding hydrogens is 301 g/mol. The molecule has 1 aliphatic rings. The van der Waals surface area contributed by atoms with Crippen molar-refractivity contribution in [2.24, 2.45) is 5.92 Å². The van der Waals surface area contributed by atoms with Gasteiger partial charge < -0.3 is 10.0 Å². The average Bonchev–Trinajstić information content (AvgIpc) is 2.93. The average molecular weight is 309 g/mol. The van der Waals surface area contributed by atoms with Crippen LogP contribution < -0.4 is 0 Å². The monoisotopic (exact) mass is 309 g/mol. The van der Waals surface area contributed by atoms with Crippen LogP contribution in [-0.4, -0.2) is 35.0 Å². The summed E-state index contributed by atoms with van der Waals surface area (Å²) in [6.45, 7) is -0.497. The van der Waals surface area contributed by atoms with Crippen molar-refractivity contribution in [3.8, 4) is 0 Å². The van der Waals surface area contributed by atoms with Crippen LogP contribution in [0.3, 0.4) is 0 Å². The summed E-state index contributed by atoms with van der Waals surface area (Å²) in [5.74, 6) is -14.8. The number of carboxylic acids is 1. The Morgan fingerprint density at radius 2 is 1.43 bits per heavy atom. The lowest BCUT2D eigenvalue weighted by molar-refractivity contribution is -0.141. The largest absolute Gasteiger partial charge is 0.481 e. The minimum absolute atomic E-state index is 0.0382. The topological polar surface area (TPSA) is 57.6 Å². The first-order chi connectivity index (χ1) is 9.75. The van der Waals surface area contributed by atoms with Crippen molar-refractivity contribution >= 4 is 11.9 Å². The molecule has 1 heterocycles. The molecule has 1 fully saturated rings. The molecule has 4 nitrogen and oxygen atoms in total. The van der Waals surface area contributed by atoms with Crippen molar-refractivity contribution in [2.75, 3.05) is 13.1 Å². The molecule has 1 unspecified atom stereocenters. The van der Waals surface area contributed by atoms with E-state index in [0.29, 0.717) is 0 Å². The lowest BCUT2D eigenvalue weighted by atomic mass is 10.1. The smallest absolute Gasteiger partial charge is 0.308 e. The van der Waals surface area contributed by atoms with Gasteiger partial charge in [0.25, 0.3) is 5.91 Å². The fourth-order valence-electron chi connectivity index (χ4n) is 2.10. The Hall–Kier alpha value is -2.19. The number of rotatable bonds is 2. The highest BCUT2D eigenvalue weighted by Crippen LogP contribution is 2.26. The molecule has 1 atom stereocenters. The number of carbonyl (C=O) groups excluding carboxylic acids is 1. The summed E-state index contributed by atoms with van der Waals surface area (Å²) in [6, 6.07) is 0. The number of likely N-dealkylation sites (tertiary alicyclic amines) is 1. The first-order valence-electron chi connectivity index (χ1n) is 5.79. The van der Waals surface area contributed by atoms with Crippen molar-refractivity contribution in [1.82, 2.24) is 4.90 Å². The van der Waals surface area contributed by atoms with Gasteiger partial charge in [0.1, 0.15) is 5.56 Å². The van der Waals surface area contributed by atoms with Crippen molar-refractivity contribution in [2.45, 2.75) is 6.42 Å². The zero-order chi connectivity index (χ0) is 15.9. The number of aliphatic carboxylic acids is 1. The number of hydrogen-bond acceptors (Lipinski definition) is 2. The third-order valence-electron chi connectivity index (χ3n) is 3.25. The standard InChI is InChI=1S/C12H8F5NO3/c13-6-5(7(14)9(16)10(17)8(6)15)11(19)18-2-1-4(3-18)12(20)21/h4H,1-3H2,(H,20,21). The molecule has 1 saturated heterocycles. The third kappa shape index (κ3) is 2.43. The molecule has 1 aromatic carbocycles. The van der Waals surface area contributed by atoms with Gasteiger partial charge in [-0.15, -0.1) is 0 Å². The summed E-state index contributed by atoms with van der Waals surface area (Å²) < 4.78 is 65.9. The Bertz CT molecular complexity index is 605. The molecule has 114 valence electrons. The Kier molecular flexibility index (Phi) is 3.84. The zero-order valence-corrected chi connectivity index (χ0v) is 10.3. The lowest BCUT2D eigenvalue weighted by Gasteiger charge is -2.17. The summed E-state index contributed by atoms with van der Waals surface area (Å²) in [5.41, 5.74) is -1.57. The second kappa shape index (κ2) is 5.30. The van der Waals surface area contributed by atoms with E-state index in [-0.39, 0.29) is 19.5 Å². The molecule has 9 heteroatoms. The van der Waals surface area contributed by atoms with Gasteiger partial charge in [0.05, 0.1) is 5.92 Å². The van der Waals surface area contributed by atoms with E-state index < -0.39 is 52.4 Å². The van der Waals surface area contributed by atoms with Gasteiger partial charge in [0.15, 0.2) is 23.3 Å². The van der Waals surface area contributed by atoms with Crippen LogP contribution in [0, 0.1) is 35.0 Å². The van der Waals surface area contributed by atoms with E-state index in [2.05, 4.69) is 0 Å². The molecule has 1 aromatic rings. The van der Waals surface area contributed by atoms with E-state index >= 15 is 0 Å². The molecule has 2 rings (SSSR count). The highest BCUT2D eigenvalue weighted by Gasteiger charge is 2.36. The number of amides is 1. The van der Waals surface area contributed by atoms with E-state index in [4.69, 9.17) is 5.11 Å². The number of carbonyl (C=O) groups is 2. The van der Waals surface area contributed by atoms with Gasteiger partial charge in [0, 0.05) is 13.1 Å². The Morgan fingerprint density at radius 1 is 0.952 bits per heavy atom. The van der Waals surface area contributed by atoms with Crippen LogP contribution in [0.25, 0.3) is 0 Å². The Morgan fingerprint density at radius 3 is 1.86 bits per heavy atom. The van der Waals surface area contributed by atoms with Gasteiger partial charge in [-0.05, 0) is 6.42 Å². The molecule has 0 aromatic heterocycles. The third-order valence-corrected chi connectivity index (χ3v) is 3.25. The van der Waals surface area contributed by atoms with Crippen molar-refractivity contribution in [3.05, 3.63) is 34.6 Å². The maximum Gasteiger partial charge on any atom is 0.308 e. The second-order valence-electron chi connectivity index (χ2n) is 4.52. The molecule has 1 amide bonds. The van der Waals surface area contributed by atoms with E-state index in [0.717, 1.165) is 4.90 Å². The van der Waals surface area contributed by atoms with Crippen molar-refractivity contribution in [3.63, 3.8) is 0 Å². The first-order valence-corrected chi connectivity index (χ1v) is 5.79. The van der Waals surface area contributed by atoms with Gasteiger partial charge in [-0.2, -0.15) is 0 Å². The molecule has 0 bridgehead atoms. The lowest BCUT2D eigenvalue weighted by Crippen LogP contribution is -2.32. The molecule has 0 radical (unpaired) electrons. The predicted octanol–water partition coefficient (Wildman–Crippen LogP) is 1.93. The van der Waals surface area contributed by atoms with Crippen LogP contribution in [0.4, 0.5) is 22.0 Å². The van der Waals surface area contributed by atoms with E-state index in [1.54, 1.807) is 0 Å². The van der Waals surface area contributed by atoms with Crippen molar-refractivity contribution < 1.29 is 36.6 Å². The van der Waals surface area contributed by atoms with Crippen LogP contribution in [0.2, 0.25) is 0 Å². The Balaban J connectivity index is 2.39. The zero-order valence-electron chi connectivity index (χ0n) is 10.3.